The summed E-state index contributed by atoms with van der Waals surface area (Å²) in [5.74, 6) is 5.17. The average Bonchev–Trinajstić information content (AvgIpc) is 2.22. The third-order valence-electron chi connectivity index (χ3n) is 2.82. The number of nitrogens with zero attached hydrogens (tertiary/aromatic N) is 1. The lowest BCUT2D eigenvalue weighted by atomic mass is 10.1. The average molecular weight is 219 g/mol. The van der Waals surface area contributed by atoms with Crippen LogP contribution in [0.4, 0.5) is 10.1 Å². The van der Waals surface area contributed by atoms with Gasteiger partial charge in [0.25, 0.3) is 0 Å². The Morgan fingerprint density at radius 2 is 1.94 bits per heavy atom. The van der Waals surface area contributed by atoms with Crippen LogP contribution >= 0.6 is 0 Å². The lowest BCUT2D eigenvalue weighted by Crippen LogP contribution is -2.10. The van der Waals surface area contributed by atoms with Crippen molar-refractivity contribution in [1.82, 2.24) is 4.98 Å². The molecule has 1 aromatic heterocycles. The monoisotopic (exact) mass is 219 g/mol. The summed E-state index contributed by atoms with van der Waals surface area (Å²) in [6.07, 6.45) is 0. The van der Waals surface area contributed by atoms with E-state index in [1.54, 1.807) is 0 Å². The van der Waals surface area contributed by atoms with Gasteiger partial charge in [-0.25, -0.2) is 9.37 Å². The van der Waals surface area contributed by atoms with Crippen molar-refractivity contribution in [3.63, 3.8) is 0 Å². The number of pyridine rings is 1. The summed E-state index contributed by atoms with van der Waals surface area (Å²) in [6.45, 7) is 5.60. The van der Waals surface area contributed by atoms with Crippen LogP contribution in [0.1, 0.15) is 16.8 Å². The summed E-state index contributed by atoms with van der Waals surface area (Å²) < 4.78 is 13.7. The van der Waals surface area contributed by atoms with Crippen LogP contribution in [0, 0.1) is 26.6 Å². The van der Waals surface area contributed by atoms with Gasteiger partial charge in [0.05, 0.1) is 5.69 Å². The van der Waals surface area contributed by atoms with E-state index in [-0.39, 0.29) is 5.82 Å². The van der Waals surface area contributed by atoms with Gasteiger partial charge in [0.2, 0.25) is 0 Å². The molecule has 0 aliphatic rings. The fourth-order valence-corrected chi connectivity index (χ4v) is 1.86. The largest absolute Gasteiger partial charge is 0.323 e. The van der Waals surface area contributed by atoms with Gasteiger partial charge in [-0.2, -0.15) is 0 Å². The van der Waals surface area contributed by atoms with Gasteiger partial charge in [-0.1, -0.05) is 0 Å². The van der Waals surface area contributed by atoms with Crippen molar-refractivity contribution >= 4 is 16.6 Å². The molecule has 3 nitrogen and oxygen atoms in total. The van der Waals surface area contributed by atoms with E-state index in [1.807, 2.05) is 26.8 Å². The number of nitrogens with one attached hydrogen (secondary N) is 1. The first kappa shape index (κ1) is 10.8. The van der Waals surface area contributed by atoms with Crippen LogP contribution in [-0.4, -0.2) is 4.98 Å². The molecular weight excluding hydrogens is 205 g/mol. The first-order chi connectivity index (χ1) is 7.54. The molecule has 0 radical (unpaired) electrons. The molecule has 1 heterocycles. The maximum atomic E-state index is 13.7. The summed E-state index contributed by atoms with van der Waals surface area (Å²) >= 11 is 0. The van der Waals surface area contributed by atoms with Crippen LogP contribution in [0.3, 0.4) is 0 Å². The molecule has 16 heavy (non-hydrogen) atoms. The molecule has 2 rings (SSSR count). The predicted molar refractivity (Wildman–Crippen MR) is 63.7 cm³/mol. The summed E-state index contributed by atoms with van der Waals surface area (Å²) in [4.78, 5) is 4.25. The number of rotatable bonds is 1. The number of anilines is 1. The summed E-state index contributed by atoms with van der Waals surface area (Å²) in [7, 11) is 0. The highest BCUT2D eigenvalue weighted by Gasteiger charge is 2.12. The number of hydrazine groups is 1. The zero-order valence-corrected chi connectivity index (χ0v) is 9.56. The number of halogens is 1. The van der Waals surface area contributed by atoms with E-state index in [1.165, 1.54) is 6.07 Å². The zero-order valence-electron chi connectivity index (χ0n) is 9.56. The Morgan fingerprint density at radius 1 is 1.25 bits per heavy atom. The number of aryl methyl sites for hydroxylation is 2. The van der Waals surface area contributed by atoms with Gasteiger partial charge in [-0.3, -0.25) is 5.84 Å². The topological polar surface area (TPSA) is 50.9 Å². The molecule has 0 aliphatic heterocycles. The molecule has 4 heteroatoms. The van der Waals surface area contributed by atoms with E-state index in [4.69, 9.17) is 5.84 Å². The Labute approximate surface area is 93.5 Å². The van der Waals surface area contributed by atoms with Gasteiger partial charge in [-0.15, -0.1) is 0 Å². The Hall–Kier alpha value is -1.68. The van der Waals surface area contributed by atoms with Crippen molar-refractivity contribution in [3.8, 4) is 0 Å². The molecular formula is C12H14FN3. The smallest absolute Gasteiger partial charge is 0.149 e. The number of nitrogen functional groups attached to an aromatic ring is 1. The van der Waals surface area contributed by atoms with E-state index in [9.17, 15) is 4.39 Å². The number of nitrogens with two attached hydrogens (primary N) is 1. The number of benzene rings is 1. The molecule has 0 saturated heterocycles. The molecule has 0 bridgehead atoms. The maximum Gasteiger partial charge on any atom is 0.149 e. The molecule has 3 N–H and O–H groups in total. The number of fused-ring (bicyclic) bond motifs is 1. The normalized spacial score (nSPS) is 10.8. The van der Waals surface area contributed by atoms with E-state index in [0.717, 1.165) is 27.9 Å². The molecule has 2 aromatic rings. The number of hydrogen-bond acceptors (Lipinski definition) is 3. The first-order valence-electron chi connectivity index (χ1n) is 5.08. The zero-order chi connectivity index (χ0) is 11.9. The standard InChI is InChI=1S/C12H14FN3/c1-6-4-9-11(16-14)7(2)8(3)15-12(9)10(13)5-6/h4-5H,14H2,1-3H3,(H,15,16). The van der Waals surface area contributed by atoms with Crippen LogP contribution in [0.25, 0.3) is 10.9 Å². The van der Waals surface area contributed by atoms with Gasteiger partial charge >= 0.3 is 0 Å². The predicted octanol–water partition coefficient (Wildman–Crippen LogP) is 2.58. The third kappa shape index (κ3) is 1.51. The number of hydrogen-bond donors (Lipinski definition) is 2. The molecule has 0 saturated carbocycles. The molecule has 0 unspecified atom stereocenters. The van der Waals surface area contributed by atoms with Crippen molar-refractivity contribution < 1.29 is 4.39 Å². The first-order valence-corrected chi connectivity index (χ1v) is 5.08. The highest BCUT2D eigenvalue weighted by molar-refractivity contribution is 5.93. The SMILES string of the molecule is Cc1cc(F)c2nc(C)c(C)c(NN)c2c1. The molecule has 0 fully saturated rings. The highest BCUT2D eigenvalue weighted by atomic mass is 19.1. The Kier molecular flexibility index (Phi) is 2.52. The molecule has 0 atom stereocenters. The fourth-order valence-electron chi connectivity index (χ4n) is 1.86. The molecule has 84 valence electrons. The fraction of sp³-hybridized carbons (Fsp3) is 0.250. The summed E-state index contributed by atoms with van der Waals surface area (Å²) in [5.41, 5.74) is 6.31. The minimum absolute atomic E-state index is 0.311. The number of aromatic nitrogens is 1. The van der Waals surface area contributed by atoms with E-state index < -0.39 is 0 Å². The minimum atomic E-state index is -0.311. The quantitative estimate of drug-likeness (QED) is 0.572. The molecule has 0 amide bonds. The van der Waals surface area contributed by atoms with Gasteiger partial charge in [-0.05, 0) is 44.0 Å². The summed E-state index contributed by atoms with van der Waals surface area (Å²) in [6, 6.07) is 3.36. The second-order valence-electron chi connectivity index (χ2n) is 3.98. The van der Waals surface area contributed by atoms with Gasteiger partial charge in [0, 0.05) is 11.1 Å². The second kappa shape index (κ2) is 3.72. The van der Waals surface area contributed by atoms with Crippen LogP contribution in [0.2, 0.25) is 0 Å². The van der Waals surface area contributed by atoms with E-state index in [0.29, 0.717) is 5.52 Å². The molecule has 1 aromatic carbocycles. The maximum absolute atomic E-state index is 13.7. The highest BCUT2D eigenvalue weighted by Crippen LogP contribution is 2.29. The van der Waals surface area contributed by atoms with E-state index >= 15 is 0 Å². The van der Waals surface area contributed by atoms with Crippen LogP contribution in [-0.2, 0) is 0 Å². The van der Waals surface area contributed by atoms with E-state index in [2.05, 4.69) is 10.4 Å². The minimum Gasteiger partial charge on any atom is -0.323 e. The lowest BCUT2D eigenvalue weighted by molar-refractivity contribution is 0.635. The lowest BCUT2D eigenvalue weighted by Gasteiger charge is -2.12. The molecule has 0 aliphatic carbocycles. The second-order valence-corrected chi connectivity index (χ2v) is 3.98. The van der Waals surface area contributed by atoms with Gasteiger partial charge < -0.3 is 5.43 Å². The van der Waals surface area contributed by atoms with Crippen LogP contribution in [0.5, 0.6) is 0 Å². The van der Waals surface area contributed by atoms with Crippen LogP contribution in [0.15, 0.2) is 12.1 Å². The van der Waals surface area contributed by atoms with Crippen LogP contribution < -0.4 is 11.3 Å². The third-order valence-corrected chi connectivity index (χ3v) is 2.82. The van der Waals surface area contributed by atoms with Crippen molar-refractivity contribution in [2.45, 2.75) is 20.8 Å². The van der Waals surface area contributed by atoms with Crippen molar-refractivity contribution in [2.24, 2.45) is 5.84 Å². The van der Waals surface area contributed by atoms with Crippen molar-refractivity contribution in [3.05, 3.63) is 34.8 Å². The van der Waals surface area contributed by atoms with Gasteiger partial charge in [0.1, 0.15) is 11.3 Å². The van der Waals surface area contributed by atoms with Crippen molar-refractivity contribution in [2.75, 3.05) is 5.43 Å². The Morgan fingerprint density at radius 3 is 2.56 bits per heavy atom. The Balaban J connectivity index is 2.96. The summed E-state index contributed by atoms with van der Waals surface area (Å²) in [5, 5.41) is 0.725. The molecule has 0 spiro atoms. The van der Waals surface area contributed by atoms with Gasteiger partial charge in [0.15, 0.2) is 0 Å². The van der Waals surface area contributed by atoms with Crippen molar-refractivity contribution in [1.29, 1.82) is 0 Å². The Bertz CT molecular complexity index is 564.